The third-order valence-electron chi connectivity index (χ3n) is 1.86. The van der Waals surface area contributed by atoms with E-state index in [1.165, 1.54) is 0 Å². The molecule has 1 heterocycles. The Hall–Kier alpha value is -0.860. The molecule has 1 amide bonds. The maximum atomic E-state index is 10.8. The summed E-state index contributed by atoms with van der Waals surface area (Å²) in [4.78, 5) is 21.5. The minimum Gasteiger partial charge on any atom is -0.353 e. The fourth-order valence-corrected chi connectivity index (χ4v) is 1.38. The second-order valence-corrected chi connectivity index (χ2v) is 3.06. The highest BCUT2D eigenvalue weighted by atomic mass is 16.2. The van der Waals surface area contributed by atoms with Gasteiger partial charge in [-0.25, -0.2) is 0 Å². The standard InChI is InChI=1S/C8H13NO2/c1-6(10)5-7-3-2-4-8(11)9-7/h7H,2-5H2,1H3,(H,9,11). The number of ketones is 1. The van der Waals surface area contributed by atoms with E-state index in [2.05, 4.69) is 5.32 Å². The van der Waals surface area contributed by atoms with Crippen molar-refractivity contribution in [2.75, 3.05) is 0 Å². The fraction of sp³-hybridized carbons (Fsp3) is 0.750. The second-order valence-electron chi connectivity index (χ2n) is 3.06. The maximum absolute atomic E-state index is 10.8. The molecule has 0 saturated carbocycles. The summed E-state index contributed by atoms with van der Waals surface area (Å²) in [5.41, 5.74) is 0. The lowest BCUT2D eigenvalue weighted by Gasteiger charge is -2.21. The molecule has 1 aliphatic rings. The first-order valence-corrected chi connectivity index (χ1v) is 3.97. The van der Waals surface area contributed by atoms with Crippen LogP contribution in [0.15, 0.2) is 0 Å². The monoisotopic (exact) mass is 155 g/mol. The van der Waals surface area contributed by atoms with Crippen LogP contribution in [0.25, 0.3) is 0 Å². The molecule has 3 heteroatoms. The lowest BCUT2D eigenvalue weighted by atomic mass is 10.0. The molecule has 62 valence electrons. The van der Waals surface area contributed by atoms with Crippen LogP contribution >= 0.6 is 0 Å². The highest BCUT2D eigenvalue weighted by molar-refractivity contribution is 5.80. The Bertz CT molecular complexity index is 175. The Morgan fingerprint density at radius 2 is 2.45 bits per heavy atom. The highest BCUT2D eigenvalue weighted by Crippen LogP contribution is 2.10. The van der Waals surface area contributed by atoms with Crippen LogP contribution in [0.2, 0.25) is 0 Å². The molecule has 0 aromatic carbocycles. The van der Waals surface area contributed by atoms with Gasteiger partial charge in [0.1, 0.15) is 5.78 Å². The van der Waals surface area contributed by atoms with Gasteiger partial charge in [-0.2, -0.15) is 0 Å². The van der Waals surface area contributed by atoms with Crippen LogP contribution in [-0.4, -0.2) is 17.7 Å². The Morgan fingerprint density at radius 1 is 1.73 bits per heavy atom. The average Bonchev–Trinajstić information content (AvgIpc) is 1.85. The van der Waals surface area contributed by atoms with Crippen molar-refractivity contribution in [3.63, 3.8) is 0 Å². The van der Waals surface area contributed by atoms with Gasteiger partial charge in [0.05, 0.1) is 0 Å². The van der Waals surface area contributed by atoms with Crippen molar-refractivity contribution >= 4 is 11.7 Å². The van der Waals surface area contributed by atoms with E-state index in [1.54, 1.807) is 6.92 Å². The van der Waals surface area contributed by atoms with Gasteiger partial charge < -0.3 is 5.32 Å². The molecule has 11 heavy (non-hydrogen) atoms. The minimum atomic E-state index is 0.0856. The average molecular weight is 155 g/mol. The molecule has 1 fully saturated rings. The second kappa shape index (κ2) is 3.51. The first kappa shape index (κ1) is 8.24. The van der Waals surface area contributed by atoms with Gasteiger partial charge >= 0.3 is 0 Å². The Morgan fingerprint density at radius 3 is 3.00 bits per heavy atom. The quantitative estimate of drug-likeness (QED) is 0.636. The molecule has 0 aromatic rings. The van der Waals surface area contributed by atoms with Gasteiger partial charge in [0.15, 0.2) is 0 Å². The van der Waals surface area contributed by atoms with E-state index in [4.69, 9.17) is 0 Å². The Balaban J connectivity index is 2.34. The van der Waals surface area contributed by atoms with E-state index in [9.17, 15) is 9.59 Å². The third kappa shape index (κ3) is 2.70. The summed E-state index contributed by atoms with van der Waals surface area (Å²) in [6.07, 6.45) is 2.98. The lowest BCUT2D eigenvalue weighted by molar-refractivity contribution is -0.124. The molecule has 1 rings (SSSR count). The zero-order valence-electron chi connectivity index (χ0n) is 6.72. The van der Waals surface area contributed by atoms with Crippen LogP contribution in [-0.2, 0) is 9.59 Å². The zero-order chi connectivity index (χ0) is 8.27. The molecule has 1 saturated heterocycles. The molecule has 0 spiro atoms. The van der Waals surface area contributed by atoms with Gasteiger partial charge in [-0.3, -0.25) is 9.59 Å². The summed E-state index contributed by atoms with van der Waals surface area (Å²) in [5.74, 6) is 0.236. The number of Topliss-reactive ketones (excluding diaryl/α,β-unsaturated/α-hetero) is 1. The molecule has 0 bridgehead atoms. The van der Waals surface area contributed by atoms with Crippen LogP contribution in [0, 0.1) is 0 Å². The Kier molecular flexibility index (Phi) is 2.63. The first-order chi connectivity index (χ1) is 5.18. The predicted molar refractivity (Wildman–Crippen MR) is 41.1 cm³/mol. The van der Waals surface area contributed by atoms with Crippen molar-refractivity contribution in [3.8, 4) is 0 Å². The van der Waals surface area contributed by atoms with Gasteiger partial charge in [0.25, 0.3) is 0 Å². The number of carbonyl (C=O) groups is 2. The summed E-state index contributed by atoms with van der Waals surface area (Å²) in [6, 6.07) is 0.105. The zero-order valence-corrected chi connectivity index (χ0v) is 6.72. The van der Waals surface area contributed by atoms with Gasteiger partial charge in [-0.05, 0) is 19.8 Å². The summed E-state index contributed by atoms with van der Waals surface area (Å²) in [7, 11) is 0. The van der Waals surface area contributed by atoms with Crippen molar-refractivity contribution in [2.24, 2.45) is 0 Å². The Labute approximate surface area is 66.2 Å². The molecule has 0 aliphatic carbocycles. The minimum absolute atomic E-state index is 0.0856. The SMILES string of the molecule is CC(=O)CC1CCCC(=O)N1. The highest BCUT2D eigenvalue weighted by Gasteiger charge is 2.18. The predicted octanol–water partition coefficient (Wildman–Crippen LogP) is 0.634. The number of hydrogen-bond donors (Lipinski definition) is 1. The van der Waals surface area contributed by atoms with E-state index in [0.717, 1.165) is 12.8 Å². The molecule has 1 N–H and O–H groups in total. The molecular formula is C8H13NO2. The largest absolute Gasteiger partial charge is 0.353 e. The van der Waals surface area contributed by atoms with Crippen molar-refractivity contribution < 1.29 is 9.59 Å². The molecule has 3 nitrogen and oxygen atoms in total. The van der Waals surface area contributed by atoms with E-state index >= 15 is 0 Å². The lowest BCUT2D eigenvalue weighted by Crippen LogP contribution is -2.39. The maximum Gasteiger partial charge on any atom is 0.220 e. The van der Waals surface area contributed by atoms with E-state index in [0.29, 0.717) is 12.8 Å². The number of rotatable bonds is 2. The number of amides is 1. The first-order valence-electron chi connectivity index (χ1n) is 3.97. The molecule has 1 aliphatic heterocycles. The fourth-order valence-electron chi connectivity index (χ4n) is 1.38. The van der Waals surface area contributed by atoms with Gasteiger partial charge in [0, 0.05) is 18.9 Å². The van der Waals surface area contributed by atoms with Crippen molar-refractivity contribution in [1.82, 2.24) is 5.32 Å². The van der Waals surface area contributed by atoms with Crippen LogP contribution in [0.4, 0.5) is 0 Å². The number of nitrogens with one attached hydrogen (secondary N) is 1. The normalized spacial score (nSPS) is 24.5. The summed E-state index contributed by atoms with van der Waals surface area (Å²) < 4.78 is 0. The van der Waals surface area contributed by atoms with Gasteiger partial charge in [-0.1, -0.05) is 0 Å². The number of piperidine rings is 1. The van der Waals surface area contributed by atoms with Crippen molar-refractivity contribution in [2.45, 2.75) is 38.6 Å². The molecule has 1 atom stereocenters. The van der Waals surface area contributed by atoms with Gasteiger partial charge in [-0.15, -0.1) is 0 Å². The van der Waals surface area contributed by atoms with E-state index in [-0.39, 0.29) is 17.7 Å². The van der Waals surface area contributed by atoms with Crippen molar-refractivity contribution in [1.29, 1.82) is 0 Å². The molecule has 1 unspecified atom stereocenters. The summed E-state index contributed by atoms with van der Waals surface area (Å²) in [5, 5.41) is 2.79. The third-order valence-corrected chi connectivity index (χ3v) is 1.86. The molecular weight excluding hydrogens is 142 g/mol. The number of carbonyl (C=O) groups excluding carboxylic acids is 2. The van der Waals surface area contributed by atoms with Gasteiger partial charge in [0.2, 0.25) is 5.91 Å². The molecule has 0 aromatic heterocycles. The number of hydrogen-bond acceptors (Lipinski definition) is 2. The van der Waals surface area contributed by atoms with Crippen LogP contribution in [0.3, 0.4) is 0 Å². The summed E-state index contributed by atoms with van der Waals surface area (Å²) in [6.45, 7) is 1.56. The van der Waals surface area contributed by atoms with Crippen LogP contribution in [0.1, 0.15) is 32.6 Å². The summed E-state index contributed by atoms with van der Waals surface area (Å²) >= 11 is 0. The van der Waals surface area contributed by atoms with Crippen LogP contribution < -0.4 is 5.32 Å². The smallest absolute Gasteiger partial charge is 0.220 e. The van der Waals surface area contributed by atoms with Crippen molar-refractivity contribution in [3.05, 3.63) is 0 Å². The molecule has 0 radical (unpaired) electrons. The topological polar surface area (TPSA) is 46.2 Å². The van der Waals surface area contributed by atoms with E-state index < -0.39 is 0 Å². The van der Waals surface area contributed by atoms with Crippen LogP contribution in [0.5, 0.6) is 0 Å². The van der Waals surface area contributed by atoms with E-state index in [1.807, 2.05) is 0 Å².